The van der Waals surface area contributed by atoms with E-state index in [-0.39, 0.29) is 11.6 Å². The number of ether oxygens (including phenoxy) is 1. The van der Waals surface area contributed by atoms with E-state index in [4.69, 9.17) is 4.74 Å². The Balaban J connectivity index is 1.54. The zero-order valence-corrected chi connectivity index (χ0v) is 23.8. The first-order valence-electron chi connectivity index (χ1n) is 14.0. The van der Waals surface area contributed by atoms with E-state index in [1.807, 2.05) is 25.7 Å². The number of nitrogens with zero attached hydrogens (tertiary/aromatic N) is 2. The van der Waals surface area contributed by atoms with Crippen LogP contribution in [0.5, 0.6) is 0 Å². The van der Waals surface area contributed by atoms with E-state index in [2.05, 4.69) is 110 Å². The maximum absolute atomic E-state index is 13.1. The number of likely N-dealkylation sites (tertiary alicyclic amines) is 1. The van der Waals surface area contributed by atoms with Crippen LogP contribution in [-0.4, -0.2) is 40.1 Å². The zero-order valence-electron chi connectivity index (χ0n) is 23.8. The summed E-state index contributed by atoms with van der Waals surface area (Å²) in [6.07, 6.45) is 1.79. The second-order valence-corrected chi connectivity index (χ2v) is 12.4. The van der Waals surface area contributed by atoms with Crippen molar-refractivity contribution in [1.29, 1.82) is 0 Å². The van der Waals surface area contributed by atoms with E-state index in [9.17, 15) is 4.79 Å². The molecule has 2 unspecified atom stereocenters. The molecule has 0 N–H and O–H groups in total. The van der Waals surface area contributed by atoms with Gasteiger partial charge >= 0.3 is 6.09 Å². The fourth-order valence-corrected chi connectivity index (χ4v) is 5.80. The minimum atomic E-state index is -0.501. The molecule has 4 heteroatoms. The molecule has 38 heavy (non-hydrogen) atoms. The summed E-state index contributed by atoms with van der Waals surface area (Å²) in [5.41, 5.74) is 3.28. The minimum Gasteiger partial charge on any atom is -0.444 e. The average molecular weight is 513 g/mol. The Hall–Kier alpha value is -3.11. The number of amides is 1. The molecule has 0 spiro atoms. The van der Waals surface area contributed by atoms with Crippen LogP contribution in [0.3, 0.4) is 0 Å². The molecule has 0 aromatic heterocycles. The van der Waals surface area contributed by atoms with Crippen molar-refractivity contribution < 1.29 is 9.53 Å². The molecule has 4 nitrogen and oxygen atoms in total. The molecule has 2 atom stereocenters. The van der Waals surface area contributed by atoms with E-state index in [0.717, 1.165) is 39.0 Å². The molecule has 0 aliphatic carbocycles. The maximum atomic E-state index is 13.1. The number of benzene rings is 3. The maximum Gasteiger partial charge on any atom is 0.410 e. The summed E-state index contributed by atoms with van der Waals surface area (Å²) < 4.78 is 5.80. The molecule has 1 aliphatic rings. The van der Waals surface area contributed by atoms with E-state index in [0.29, 0.717) is 11.8 Å². The highest BCUT2D eigenvalue weighted by atomic mass is 16.6. The molecule has 1 amide bonds. The number of carbonyl (C=O) groups is 1. The smallest absolute Gasteiger partial charge is 0.410 e. The summed E-state index contributed by atoms with van der Waals surface area (Å²) in [5.74, 6) is 0.729. The lowest BCUT2D eigenvalue weighted by Crippen LogP contribution is -2.45. The standard InChI is InChI=1S/C34H44N2O2/c1-33(2,3)38-32(37)36-26-30(23-34(36,4)5)31(29-19-13-8-14-20-29)21-22-35(24-27-15-9-6-10-16-27)25-28-17-11-7-12-18-28/h6-20,30-31H,21-26H2,1-5H3. The predicted octanol–water partition coefficient (Wildman–Crippen LogP) is 7.90. The first-order valence-corrected chi connectivity index (χ1v) is 14.0. The molecule has 3 aromatic carbocycles. The largest absolute Gasteiger partial charge is 0.444 e. The molecule has 1 heterocycles. The van der Waals surface area contributed by atoms with Crippen LogP contribution < -0.4 is 0 Å². The van der Waals surface area contributed by atoms with Crippen LogP contribution in [0.15, 0.2) is 91.0 Å². The Morgan fingerprint density at radius 3 is 1.89 bits per heavy atom. The van der Waals surface area contributed by atoms with Gasteiger partial charge in [-0.3, -0.25) is 4.90 Å². The Labute approximate surface area is 229 Å². The van der Waals surface area contributed by atoms with Crippen LogP contribution >= 0.6 is 0 Å². The monoisotopic (exact) mass is 512 g/mol. The molecule has 0 bridgehead atoms. The lowest BCUT2D eigenvalue weighted by atomic mass is 9.80. The minimum absolute atomic E-state index is 0.202. The van der Waals surface area contributed by atoms with Gasteiger partial charge in [-0.2, -0.15) is 0 Å². The summed E-state index contributed by atoms with van der Waals surface area (Å²) in [7, 11) is 0. The topological polar surface area (TPSA) is 32.8 Å². The Kier molecular flexibility index (Phi) is 8.94. The van der Waals surface area contributed by atoms with Crippen molar-refractivity contribution in [2.45, 2.75) is 77.6 Å². The van der Waals surface area contributed by atoms with Crippen molar-refractivity contribution in [3.8, 4) is 0 Å². The van der Waals surface area contributed by atoms with Gasteiger partial charge in [0.05, 0.1) is 0 Å². The highest BCUT2D eigenvalue weighted by Gasteiger charge is 2.45. The molecule has 1 aliphatic heterocycles. The van der Waals surface area contributed by atoms with Crippen LogP contribution in [0, 0.1) is 5.92 Å². The van der Waals surface area contributed by atoms with Crippen molar-refractivity contribution in [2.24, 2.45) is 5.92 Å². The highest BCUT2D eigenvalue weighted by Crippen LogP contribution is 2.42. The summed E-state index contributed by atoms with van der Waals surface area (Å²) in [6, 6.07) is 32.4. The predicted molar refractivity (Wildman–Crippen MR) is 156 cm³/mol. The molecule has 1 fully saturated rings. The average Bonchev–Trinajstić information content (AvgIpc) is 3.20. The lowest BCUT2D eigenvalue weighted by Gasteiger charge is -2.33. The van der Waals surface area contributed by atoms with Crippen molar-refractivity contribution in [1.82, 2.24) is 9.80 Å². The van der Waals surface area contributed by atoms with Crippen LogP contribution in [0.2, 0.25) is 0 Å². The number of rotatable bonds is 9. The zero-order chi connectivity index (χ0) is 27.2. The first kappa shape index (κ1) is 27.9. The van der Waals surface area contributed by atoms with E-state index >= 15 is 0 Å². The lowest BCUT2D eigenvalue weighted by molar-refractivity contribution is 0.0130. The van der Waals surface area contributed by atoms with Crippen molar-refractivity contribution in [2.75, 3.05) is 13.1 Å². The van der Waals surface area contributed by atoms with Gasteiger partial charge in [0.15, 0.2) is 0 Å². The second-order valence-electron chi connectivity index (χ2n) is 12.4. The van der Waals surface area contributed by atoms with Crippen LogP contribution in [0.25, 0.3) is 0 Å². The van der Waals surface area contributed by atoms with Crippen molar-refractivity contribution in [3.05, 3.63) is 108 Å². The summed E-state index contributed by atoms with van der Waals surface area (Å²) in [4.78, 5) is 17.7. The second kappa shape index (κ2) is 12.2. The molecule has 202 valence electrons. The van der Waals surface area contributed by atoms with Gasteiger partial charge < -0.3 is 9.64 Å². The first-order chi connectivity index (χ1) is 18.1. The SMILES string of the molecule is CC(C)(C)OC(=O)N1CC(C(CCN(Cc2ccccc2)Cc2ccccc2)c2ccccc2)CC1(C)C. The van der Waals surface area contributed by atoms with Crippen LogP contribution in [0.4, 0.5) is 4.79 Å². The summed E-state index contributed by atoms with van der Waals surface area (Å²) in [5, 5.41) is 0. The van der Waals surface area contributed by atoms with Gasteiger partial charge in [0.1, 0.15) is 5.60 Å². The molecule has 0 saturated carbocycles. The Morgan fingerprint density at radius 1 is 0.895 bits per heavy atom. The highest BCUT2D eigenvalue weighted by molar-refractivity contribution is 5.69. The van der Waals surface area contributed by atoms with Crippen LogP contribution in [0.1, 0.15) is 70.1 Å². The molecule has 3 aromatic rings. The summed E-state index contributed by atoms with van der Waals surface area (Å²) >= 11 is 0. The third-order valence-corrected chi connectivity index (χ3v) is 7.57. The van der Waals surface area contributed by atoms with E-state index < -0.39 is 5.60 Å². The van der Waals surface area contributed by atoms with Gasteiger partial charge in [0, 0.05) is 25.2 Å². The van der Waals surface area contributed by atoms with Gasteiger partial charge in [0.2, 0.25) is 0 Å². The van der Waals surface area contributed by atoms with Crippen molar-refractivity contribution in [3.63, 3.8) is 0 Å². The fraction of sp³-hybridized carbons (Fsp3) is 0.441. The Morgan fingerprint density at radius 2 is 1.39 bits per heavy atom. The van der Waals surface area contributed by atoms with E-state index in [1.165, 1.54) is 16.7 Å². The normalized spacial score (nSPS) is 17.9. The molecule has 1 saturated heterocycles. The third-order valence-electron chi connectivity index (χ3n) is 7.57. The molecule has 0 radical (unpaired) electrons. The fourth-order valence-electron chi connectivity index (χ4n) is 5.80. The molecular formula is C34H44N2O2. The van der Waals surface area contributed by atoms with Gasteiger partial charge in [-0.25, -0.2) is 4.79 Å². The molecular weight excluding hydrogens is 468 g/mol. The Bertz CT molecular complexity index is 1100. The molecule has 4 rings (SSSR count). The number of carbonyl (C=O) groups excluding carboxylic acids is 1. The van der Waals surface area contributed by atoms with Gasteiger partial charge in [-0.05, 0) is 82.5 Å². The number of hydrogen-bond acceptors (Lipinski definition) is 3. The van der Waals surface area contributed by atoms with Gasteiger partial charge in [-0.1, -0.05) is 91.0 Å². The van der Waals surface area contributed by atoms with Gasteiger partial charge in [0.25, 0.3) is 0 Å². The van der Waals surface area contributed by atoms with Crippen molar-refractivity contribution >= 4 is 6.09 Å². The quantitative estimate of drug-likeness (QED) is 0.292. The van der Waals surface area contributed by atoms with E-state index in [1.54, 1.807) is 0 Å². The summed E-state index contributed by atoms with van der Waals surface area (Å²) in [6.45, 7) is 13.7. The number of hydrogen-bond donors (Lipinski definition) is 0. The van der Waals surface area contributed by atoms with Crippen LogP contribution in [-0.2, 0) is 17.8 Å². The third kappa shape index (κ3) is 7.70. The van der Waals surface area contributed by atoms with Gasteiger partial charge in [-0.15, -0.1) is 0 Å².